The van der Waals surface area contributed by atoms with Gasteiger partial charge in [0.15, 0.2) is 5.96 Å². The lowest BCUT2D eigenvalue weighted by atomic mass is 10.0. The van der Waals surface area contributed by atoms with Crippen LogP contribution in [0.25, 0.3) is 0 Å². The highest BCUT2D eigenvalue weighted by atomic mass is 32.2. The quantitative estimate of drug-likeness (QED) is 0.492. The van der Waals surface area contributed by atoms with E-state index in [1.54, 1.807) is 0 Å². The zero-order chi connectivity index (χ0) is 16.5. The van der Waals surface area contributed by atoms with Gasteiger partial charge in [-0.15, -0.1) is 0 Å². The molecule has 0 bridgehead atoms. The number of guanidine groups is 1. The molecule has 0 radical (unpaired) electrons. The number of rotatable bonds is 6. The molecule has 1 atom stereocenters. The van der Waals surface area contributed by atoms with Crippen LogP contribution >= 0.6 is 11.8 Å². The van der Waals surface area contributed by atoms with Crippen molar-refractivity contribution < 1.29 is 4.74 Å². The number of hydrogen-bond donors (Lipinski definition) is 1. The van der Waals surface area contributed by atoms with Crippen LogP contribution in [0.2, 0.25) is 0 Å². The lowest BCUT2D eigenvalue weighted by Gasteiger charge is -2.35. The van der Waals surface area contributed by atoms with E-state index < -0.39 is 0 Å². The number of aryl methyl sites for hydroxylation is 1. The second-order valence-electron chi connectivity index (χ2n) is 5.84. The molecular formula is C18H29N3OS. The van der Waals surface area contributed by atoms with Crippen LogP contribution in [0.4, 0.5) is 0 Å². The molecule has 1 fully saturated rings. The third-order valence-corrected chi connectivity index (χ3v) is 4.87. The number of aliphatic imine (C=N–C) groups is 1. The predicted octanol–water partition coefficient (Wildman–Crippen LogP) is 3.09. The Morgan fingerprint density at radius 3 is 2.96 bits per heavy atom. The molecule has 1 saturated heterocycles. The van der Waals surface area contributed by atoms with Gasteiger partial charge in [0.05, 0.1) is 13.2 Å². The van der Waals surface area contributed by atoms with Crippen molar-refractivity contribution in [2.75, 3.05) is 45.3 Å². The second kappa shape index (κ2) is 9.83. The Kier molecular flexibility index (Phi) is 7.76. The van der Waals surface area contributed by atoms with Crippen LogP contribution < -0.4 is 5.32 Å². The molecule has 0 aliphatic carbocycles. The highest BCUT2D eigenvalue weighted by molar-refractivity contribution is 7.98. The number of hydrogen-bond acceptors (Lipinski definition) is 3. The van der Waals surface area contributed by atoms with Crippen molar-refractivity contribution in [1.29, 1.82) is 0 Å². The lowest BCUT2D eigenvalue weighted by molar-refractivity contribution is -0.00830. The van der Waals surface area contributed by atoms with Crippen molar-refractivity contribution in [2.45, 2.75) is 25.9 Å². The molecule has 4 nitrogen and oxygen atoms in total. The summed E-state index contributed by atoms with van der Waals surface area (Å²) in [5, 5.41) is 3.50. The van der Waals surface area contributed by atoms with Gasteiger partial charge >= 0.3 is 0 Å². The molecule has 0 amide bonds. The zero-order valence-electron chi connectivity index (χ0n) is 14.5. The van der Waals surface area contributed by atoms with Gasteiger partial charge in [-0.25, -0.2) is 0 Å². The maximum absolute atomic E-state index is 6.00. The maximum Gasteiger partial charge on any atom is 0.193 e. The fourth-order valence-corrected chi connectivity index (χ4v) is 3.37. The molecule has 1 aromatic rings. The standard InChI is InChI=1S/C18H29N3OS/c1-15-8-4-5-9-16(15)17-14-21(11-12-22-17)18(19-2)20-10-6-7-13-23-3/h4-5,8-9,17H,6-7,10-14H2,1-3H3,(H,19,20). The fraction of sp³-hybridized carbons (Fsp3) is 0.611. The van der Waals surface area contributed by atoms with Crippen LogP contribution in [-0.2, 0) is 4.74 Å². The SMILES string of the molecule is CN=C(NCCCCSC)N1CCOC(c2ccccc2C)C1. The maximum atomic E-state index is 6.00. The average Bonchev–Trinajstić information content (AvgIpc) is 2.59. The Balaban J connectivity index is 1.90. The first kappa shape index (κ1) is 18.1. The summed E-state index contributed by atoms with van der Waals surface area (Å²) in [6.07, 6.45) is 4.72. The van der Waals surface area contributed by atoms with E-state index in [4.69, 9.17) is 4.74 Å². The molecule has 1 heterocycles. The highest BCUT2D eigenvalue weighted by Crippen LogP contribution is 2.24. The molecule has 1 unspecified atom stereocenters. The minimum atomic E-state index is 0.125. The van der Waals surface area contributed by atoms with E-state index in [2.05, 4.69) is 52.7 Å². The molecule has 0 aromatic heterocycles. The summed E-state index contributed by atoms with van der Waals surface area (Å²) in [5.74, 6) is 2.23. The van der Waals surface area contributed by atoms with Crippen molar-refractivity contribution in [2.24, 2.45) is 4.99 Å². The molecule has 1 aromatic carbocycles. The van der Waals surface area contributed by atoms with Crippen LogP contribution in [-0.4, -0.2) is 56.2 Å². The lowest BCUT2D eigenvalue weighted by Crippen LogP contribution is -2.48. The molecule has 1 aliphatic rings. The highest BCUT2D eigenvalue weighted by Gasteiger charge is 2.24. The van der Waals surface area contributed by atoms with Crippen molar-refractivity contribution in [3.05, 3.63) is 35.4 Å². The minimum absolute atomic E-state index is 0.125. The van der Waals surface area contributed by atoms with Gasteiger partial charge in [0.2, 0.25) is 0 Å². The van der Waals surface area contributed by atoms with Gasteiger partial charge in [-0.3, -0.25) is 4.99 Å². The Morgan fingerprint density at radius 1 is 1.39 bits per heavy atom. The fourth-order valence-electron chi connectivity index (χ4n) is 2.88. The third-order valence-electron chi connectivity index (χ3n) is 4.17. The van der Waals surface area contributed by atoms with E-state index in [1.165, 1.54) is 29.7 Å². The minimum Gasteiger partial charge on any atom is -0.370 e. The number of nitrogens with one attached hydrogen (secondary N) is 1. The zero-order valence-corrected chi connectivity index (χ0v) is 15.4. The summed E-state index contributed by atoms with van der Waals surface area (Å²) >= 11 is 1.91. The molecule has 23 heavy (non-hydrogen) atoms. The van der Waals surface area contributed by atoms with Gasteiger partial charge in [-0.2, -0.15) is 11.8 Å². The number of nitrogens with zero attached hydrogens (tertiary/aromatic N) is 2. The molecule has 2 rings (SSSR count). The van der Waals surface area contributed by atoms with E-state index in [9.17, 15) is 0 Å². The van der Waals surface area contributed by atoms with Crippen LogP contribution in [0.3, 0.4) is 0 Å². The summed E-state index contributed by atoms with van der Waals surface area (Å²) in [7, 11) is 1.86. The van der Waals surface area contributed by atoms with Gasteiger partial charge in [-0.1, -0.05) is 24.3 Å². The molecular weight excluding hydrogens is 306 g/mol. The second-order valence-corrected chi connectivity index (χ2v) is 6.82. The smallest absolute Gasteiger partial charge is 0.193 e. The third kappa shape index (κ3) is 5.43. The van der Waals surface area contributed by atoms with Crippen LogP contribution in [0, 0.1) is 6.92 Å². The van der Waals surface area contributed by atoms with E-state index in [0.29, 0.717) is 0 Å². The first-order valence-electron chi connectivity index (χ1n) is 8.38. The van der Waals surface area contributed by atoms with Gasteiger partial charge in [-0.05, 0) is 42.9 Å². The monoisotopic (exact) mass is 335 g/mol. The van der Waals surface area contributed by atoms with Gasteiger partial charge in [0, 0.05) is 20.1 Å². The molecule has 0 saturated carbocycles. The van der Waals surface area contributed by atoms with Crippen molar-refractivity contribution in [1.82, 2.24) is 10.2 Å². The van der Waals surface area contributed by atoms with E-state index >= 15 is 0 Å². The molecule has 128 valence electrons. The summed E-state index contributed by atoms with van der Waals surface area (Å²) in [5.41, 5.74) is 2.58. The van der Waals surface area contributed by atoms with E-state index in [-0.39, 0.29) is 6.10 Å². The van der Waals surface area contributed by atoms with Crippen LogP contribution in [0.1, 0.15) is 30.1 Å². The first-order valence-corrected chi connectivity index (χ1v) is 9.77. The summed E-state index contributed by atoms with van der Waals surface area (Å²) in [6, 6.07) is 8.48. The van der Waals surface area contributed by atoms with Gasteiger partial charge in [0.1, 0.15) is 6.10 Å². The van der Waals surface area contributed by atoms with E-state index in [0.717, 1.165) is 32.2 Å². The summed E-state index contributed by atoms with van der Waals surface area (Å²) in [4.78, 5) is 6.77. The Morgan fingerprint density at radius 2 is 2.22 bits per heavy atom. The number of benzene rings is 1. The first-order chi connectivity index (χ1) is 11.3. The van der Waals surface area contributed by atoms with Crippen LogP contribution in [0.15, 0.2) is 29.3 Å². The van der Waals surface area contributed by atoms with Gasteiger partial charge < -0.3 is 15.0 Å². The normalized spacial score (nSPS) is 19.0. The number of ether oxygens (including phenoxy) is 1. The van der Waals surface area contributed by atoms with Gasteiger partial charge in [0.25, 0.3) is 0 Å². The predicted molar refractivity (Wildman–Crippen MR) is 100 cm³/mol. The Hall–Kier alpha value is -1.20. The molecule has 0 spiro atoms. The molecule has 5 heteroatoms. The topological polar surface area (TPSA) is 36.9 Å². The average molecular weight is 336 g/mol. The molecule has 1 N–H and O–H groups in total. The van der Waals surface area contributed by atoms with Crippen molar-refractivity contribution in [3.8, 4) is 0 Å². The van der Waals surface area contributed by atoms with Crippen molar-refractivity contribution >= 4 is 17.7 Å². The summed E-state index contributed by atoms with van der Waals surface area (Å²) in [6.45, 7) is 5.63. The van der Waals surface area contributed by atoms with E-state index in [1.807, 2.05) is 18.8 Å². The summed E-state index contributed by atoms with van der Waals surface area (Å²) < 4.78 is 6.00. The number of unbranched alkanes of at least 4 members (excludes halogenated alkanes) is 1. The number of morpholine rings is 1. The van der Waals surface area contributed by atoms with Crippen LogP contribution in [0.5, 0.6) is 0 Å². The van der Waals surface area contributed by atoms with Crippen molar-refractivity contribution in [3.63, 3.8) is 0 Å². The Labute approximate surface area is 144 Å². The molecule has 1 aliphatic heterocycles. The Bertz CT molecular complexity index is 507. The largest absolute Gasteiger partial charge is 0.370 e. The number of thioether (sulfide) groups is 1.